The van der Waals surface area contributed by atoms with Gasteiger partial charge < -0.3 is 9.47 Å². The van der Waals surface area contributed by atoms with Gasteiger partial charge in [-0.15, -0.1) is 0 Å². The molecule has 0 radical (unpaired) electrons. The summed E-state index contributed by atoms with van der Waals surface area (Å²) in [6.45, 7) is 4.07. The Kier molecular flexibility index (Phi) is 4.93. The SMILES string of the molecule is CCC(C)Oc1ccc(/C=C2\N=C(c3ccc(F)cc3)OC2=O)cc1. The summed E-state index contributed by atoms with van der Waals surface area (Å²) in [6.07, 6.45) is 2.72. The highest BCUT2D eigenvalue weighted by molar-refractivity contribution is 6.12. The summed E-state index contributed by atoms with van der Waals surface area (Å²) < 4.78 is 23.9. The third-order valence-electron chi connectivity index (χ3n) is 3.81. The molecule has 1 aliphatic heterocycles. The molecule has 1 unspecified atom stereocenters. The molecule has 2 aromatic carbocycles. The number of ether oxygens (including phenoxy) is 2. The van der Waals surface area contributed by atoms with Crippen molar-refractivity contribution in [2.75, 3.05) is 0 Å². The topological polar surface area (TPSA) is 47.9 Å². The van der Waals surface area contributed by atoms with Gasteiger partial charge in [0.15, 0.2) is 5.70 Å². The van der Waals surface area contributed by atoms with Crippen molar-refractivity contribution in [3.05, 3.63) is 71.2 Å². The van der Waals surface area contributed by atoms with Crippen LogP contribution in [0.2, 0.25) is 0 Å². The summed E-state index contributed by atoms with van der Waals surface area (Å²) in [7, 11) is 0. The molecule has 0 aromatic heterocycles. The standard InChI is InChI=1S/C20H18FNO3/c1-3-13(2)24-17-10-4-14(5-11-17)12-18-20(23)25-19(22-18)15-6-8-16(21)9-7-15/h4-13H,3H2,1-2H3/b18-12-. The molecule has 0 aliphatic carbocycles. The fourth-order valence-electron chi connectivity index (χ4n) is 2.24. The van der Waals surface area contributed by atoms with Crippen molar-refractivity contribution in [1.82, 2.24) is 0 Å². The van der Waals surface area contributed by atoms with Crippen molar-refractivity contribution in [1.29, 1.82) is 0 Å². The molecule has 0 saturated heterocycles. The van der Waals surface area contributed by atoms with Gasteiger partial charge in [0.25, 0.3) is 0 Å². The first-order valence-electron chi connectivity index (χ1n) is 8.10. The van der Waals surface area contributed by atoms with E-state index in [2.05, 4.69) is 11.9 Å². The Morgan fingerprint density at radius 1 is 1.16 bits per heavy atom. The third-order valence-corrected chi connectivity index (χ3v) is 3.81. The molecule has 1 atom stereocenters. The maximum absolute atomic E-state index is 13.0. The predicted molar refractivity (Wildman–Crippen MR) is 93.8 cm³/mol. The molecule has 2 aromatic rings. The fourth-order valence-corrected chi connectivity index (χ4v) is 2.24. The summed E-state index contributed by atoms with van der Waals surface area (Å²) in [6, 6.07) is 13.0. The molecule has 1 aliphatic rings. The molecule has 0 saturated carbocycles. The zero-order valence-electron chi connectivity index (χ0n) is 14.0. The number of rotatable bonds is 5. The Labute approximate surface area is 145 Å². The van der Waals surface area contributed by atoms with E-state index in [-0.39, 0.29) is 23.5 Å². The maximum Gasteiger partial charge on any atom is 0.363 e. The first kappa shape index (κ1) is 16.9. The lowest BCUT2D eigenvalue weighted by Gasteiger charge is -2.12. The third kappa shape index (κ3) is 4.12. The first-order valence-corrected chi connectivity index (χ1v) is 8.10. The van der Waals surface area contributed by atoms with Gasteiger partial charge in [0.05, 0.1) is 6.10 Å². The van der Waals surface area contributed by atoms with Crippen molar-refractivity contribution in [3.63, 3.8) is 0 Å². The van der Waals surface area contributed by atoms with Gasteiger partial charge in [0.1, 0.15) is 11.6 Å². The molecular formula is C20H18FNO3. The molecule has 0 amide bonds. The highest BCUT2D eigenvalue weighted by atomic mass is 19.1. The molecule has 5 heteroatoms. The molecular weight excluding hydrogens is 321 g/mol. The van der Waals surface area contributed by atoms with Crippen LogP contribution in [0.15, 0.2) is 59.2 Å². The molecule has 1 heterocycles. The van der Waals surface area contributed by atoms with E-state index >= 15 is 0 Å². The number of aliphatic imine (C=N–C) groups is 1. The Hall–Kier alpha value is -2.95. The van der Waals surface area contributed by atoms with E-state index in [1.165, 1.54) is 24.3 Å². The minimum Gasteiger partial charge on any atom is -0.491 e. The smallest absolute Gasteiger partial charge is 0.363 e. The minimum absolute atomic E-state index is 0.150. The molecule has 4 nitrogen and oxygen atoms in total. The van der Waals surface area contributed by atoms with Crippen LogP contribution >= 0.6 is 0 Å². The van der Waals surface area contributed by atoms with Gasteiger partial charge in [-0.25, -0.2) is 14.2 Å². The number of esters is 1. The van der Waals surface area contributed by atoms with Gasteiger partial charge in [0.2, 0.25) is 5.90 Å². The Morgan fingerprint density at radius 3 is 2.48 bits per heavy atom. The predicted octanol–water partition coefficient (Wildman–Crippen LogP) is 4.35. The van der Waals surface area contributed by atoms with Gasteiger partial charge >= 0.3 is 5.97 Å². The monoisotopic (exact) mass is 339 g/mol. The van der Waals surface area contributed by atoms with Crippen molar-refractivity contribution in [3.8, 4) is 5.75 Å². The van der Waals surface area contributed by atoms with E-state index in [0.29, 0.717) is 5.56 Å². The summed E-state index contributed by atoms with van der Waals surface area (Å²) in [5.41, 5.74) is 1.57. The average Bonchev–Trinajstić information content (AvgIpc) is 2.98. The Morgan fingerprint density at radius 2 is 1.84 bits per heavy atom. The number of hydrogen-bond donors (Lipinski definition) is 0. The van der Waals surface area contributed by atoms with E-state index in [4.69, 9.17) is 9.47 Å². The number of hydrogen-bond acceptors (Lipinski definition) is 4. The zero-order valence-corrected chi connectivity index (χ0v) is 14.0. The average molecular weight is 339 g/mol. The maximum atomic E-state index is 13.0. The van der Waals surface area contributed by atoms with Gasteiger partial charge in [-0.05, 0) is 61.4 Å². The van der Waals surface area contributed by atoms with Gasteiger partial charge in [0, 0.05) is 5.56 Å². The zero-order chi connectivity index (χ0) is 17.8. The van der Waals surface area contributed by atoms with Crippen LogP contribution in [0.5, 0.6) is 5.75 Å². The molecule has 0 N–H and O–H groups in total. The summed E-state index contributed by atoms with van der Waals surface area (Å²) in [4.78, 5) is 16.2. The molecule has 25 heavy (non-hydrogen) atoms. The molecule has 128 valence electrons. The van der Waals surface area contributed by atoms with Gasteiger partial charge in [-0.1, -0.05) is 19.1 Å². The number of benzene rings is 2. The number of nitrogens with zero attached hydrogens (tertiary/aromatic N) is 1. The van der Waals surface area contributed by atoms with Gasteiger partial charge in [-0.2, -0.15) is 0 Å². The van der Waals surface area contributed by atoms with Crippen LogP contribution in [0, 0.1) is 5.82 Å². The van der Waals surface area contributed by atoms with Crippen molar-refractivity contribution < 1.29 is 18.7 Å². The van der Waals surface area contributed by atoms with Crippen molar-refractivity contribution in [2.45, 2.75) is 26.4 Å². The van der Waals surface area contributed by atoms with Crippen LogP contribution in [-0.4, -0.2) is 18.0 Å². The van der Waals surface area contributed by atoms with Crippen LogP contribution in [0.25, 0.3) is 6.08 Å². The number of carbonyl (C=O) groups is 1. The van der Waals surface area contributed by atoms with E-state index in [9.17, 15) is 9.18 Å². The normalized spacial score (nSPS) is 16.5. The Bertz CT molecular complexity index is 823. The second-order valence-corrected chi connectivity index (χ2v) is 5.75. The summed E-state index contributed by atoms with van der Waals surface area (Å²) in [5.74, 6) is 0.0670. The van der Waals surface area contributed by atoms with Crippen LogP contribution in [0.4, 0.5) is 4.39 Å². The quantitative estimate of drug-likeness (QED) is 0.601. The van der Waals surface area contributed by atoms with Crippen LogP contribution in [0.3, 0.4) is 0 Å². The number of halogens is 1. The van der Waals surface area contributed by atoms with E-state index in [0.717, 1.165) is 17.7 Å². The fraction of sp³-hybridized carbons (Fsp3) is 0.200. The van der Waals surface area contributed by atoms with Crippen molar-refractivity contribution in [2.24, 2.45) is 4.99 Å². The Balaban J connectivity index is 1.78. The minimum atomic E-state index is -0.528. The lowest BCUT2D eigenvalue weighted by Crippen LogP contribution is -2.09. The molecule has 3 rings (SSSR count). The highest BCUT2D eigenvalue weighted by Crippen LogP contribution is 2.21. The van der Waals surface area contributed by atoms with Crippen molar-refractivity contribution >= 4 is 17.9 Å². The highest BCUT2D eigenvalue weighted by Gasteiger charge is 2.24. The largest absolute Gasteiger partial charge is 0.491 e. The summed E-state index contributed by atoms with van der Waals surface area (Å²) in [5, 5.41) is 0. The van der Waals surface area contributed by atoms with Crippen LogP contribution in [0.1, 0.15) is 31.4 Å². The van der Waals surface area contributed by atoms with E-state index in [1.54, 1.807) is 6.08 Å². The second-order valence-electron chi connectivity index (χ2n) is 5.75. The van der Waals surface area contributed by atoms with Crippen LogP contribution in [-0.2, 0) is 9.53 Å². The number of cyclic esters (lactones) is 1. The molecule has 0 fully saturated rings. The van der Waals surface area contributed by atoms with Gasteiger partial charge in [-0.3, -0.25) is 0 Å². The summed E-state index contributed by atoms with van der Waals surface area (Å²) >= 11 is 0. The van der Waals surface area contributed by atoms with E-state index in [1.807, 2.05) is 31.2 Å². The second kappa shape index (κ2) is 7.30. The number of carbonyl (C=O) groups excluding carboxylic acids is 1. The molecule has 0 bridgehead atoms. The lowest BCUT2D eigenvalue weighted by molar-refractivity contribution is -0.129. The van der Waals surface area contributed by atoms with E-state index < -0.39 is 5.97 Å². The molecule has 0 spiro atoms. The first-order chi connectivity index (χ1) is 12.0. The van der Waals surface area contributed by atoms with Crippen LogP contribution < -0.4 is 4.74 Å². The lowest BCUT2D eigenvalue weighted by atomic mass is 10.2.